The van der Waals surface area contributed by atoms with Crippen molar-refractivity contribution in [1.82, 2.24) is 5.32 Å². The third-order valence-corrected chi connectivity index (χ3v) is 3.58. The molecule has 0 bridgehead atoms. The maximum Gasteiger partial charge on any atom is 0.408 e. The van der Waals surface area contributed by atoms with Crippen LogP contribution in [0.3, 0.4) is 0 Å². The van der Waals surface area contributed by atoms with Crippen molar-refractivity contribution >= 4 is 18.0 Å². The molecule has 0 saturated carbocycles. The summed E-state index contributed by atoms with van der Waals surface area (Å²) in [6, 6.07) is 8.92. The summed E-state index contributed by atoms with van der Waals surface area (Å²) in [6.07, 6.45) is -1.01. The molecule has 0 heterocycles. The molecule has 25 heavy (non-hydrogen) atoms. The van der Waals surface area contributed by atoms with Crippen molar-refractivity contribution in [3.8, 4) is 0 Å². The standard InChI is InChI=1S/C18H25NO6/c1-17(2,3)25-16(24)19-18(4,15(22)23)11-13(14(20)21)10-12-8-6-5-7-9-12/h5-9,13H,10-11H2,1-4H3,(H,19,24)(H,20,21)(H,22,23)/t13?,18-/m0/s1. The van der Waals surface area contributed by atoms with Gasteiger partial charge in [0.15, 0.2) is 0 Å². The lowest BCUT2D eigenvalue weighted by Gasteiger charge is -2.30. The van der Waals surface area contributed by atoms with Crippen molar-refractivity contribution in [2.75, 3.05) is 0 Å². The molecule has 1 unspecified atom stereocenters. The number of ether oxygens (including phenoxy) is 1. The smallest absolute Gasteiger partial charge is 0.408 e. The Bertz CT molecular complexity index is 622. The number of amides is 1. The van der Waals surface area contributed by atoms with Gasteiger partial charge in [-0.05, 0) is 46.1 Å². The van der Waals surface area contributed by atoms with Gasteiger partial charge in [0.1, 0.15) is 11.1 Å². The summed E-state index contributed by atoms with van der Waals surface area (Å²) in [6.45, 7) is 6.24. The Kier molecular flexibility index (Phi) is 6.55. The Hall–Kier alpha value is -2.57. The molecule has 0 spiro atoms. The summed E-state index contributed by atoms with van der Waals surface area (Å²) in [5, 5.41) is 21.3. The minimum absolute atomic E-state index is 0.162. The van der Waals surface area contributed by atoms with Crippen molar-refractivity contribution < 1.29 is 29.3 Å². The van der Waals surface area contributed by atoms with Crippen LogP contribution >= 0.6 is 0 Å². The van der Waals surface area contributed by atoms with Crippen LogP contribution in [0.25, 0.3) is 0 Å². The van der Waals surface area contributed by atoms with E-state index >= 15 is 0 Å². The van der Waals surface area contributed by atoms with Gasteiger partial charge in [0.25, 0.3) is 0 Å². The number of carboxylic acid groups (broad SMARTS) is 2. The van der Waals surface area contributed by atoms with Gasteiger partial charge in [-0.1, -0.05) is 30.3 Å². The number of benzene rings is 1. The molecule has 1 aromatic carbocycles. The van der Waals surface area contributed by atoms with Gasteiger partial charge in [-0.3, -0.25) is 4.79 Å². The summed E-state index contributed by atoms with van der Waals surface area (Å²) in [4.78, 5) is 35.2. The molecule has 0 aliphatic rings. The van der Waals surface area contributed by atoms with E-state index in [1.807, 2.05) is 6.07 Å². The number of alkyl carbamates (subject to hydrolysis) is 1. The van der Waals surface area contributed by atoms with E-state index < -0.39 is 35.1 Å². The van der Waals surface area contributed by atoms with E-state index in [-0.39, 0.29) is 12.8 Å². The fourth-order valence-electron chi connectivity index (χ4n) is 2.36. The molecule has 0 aromatic heterocycles. The molecular weight excluding hydrogens is 326 g/mol. The predicted molar refractivity (Wildman–Crippen MR) is 91.3 cm³/mol. The summed E-state index contributed by atoms with van der Waals surface area (Å²) in [7, 11) is 0. The van der Waals surface area contributed by atoms with Gasteiger partial charge in [-0.2, -0.15) is 0 Å². The first-order valence-corrected chi connectivity index (χ1v) is 7.94. The lowest BCUT2D eigenvalue weighted by molar-refractivity contribution is -0.147. The van der Waals surface area contributed by atoms with E-state index in [0.29, 0.717) is 0 Å². The first-order valence-electron chi connectivity index (χ1n) is 7.94. The molecule has 1 aromatic rings. The van der Waals surface area contributed by atoms with Gasteiger partial charge in [0.05, 0.1) is 5.92 Å². The number of aliphatic carboxylic acids is 2. The third-order valence-electron chi connectivity index (χ3n) is 3.58. The summed E-state index contributed by atoms with van der Waals surface area (Å²) >= 11 is 0. The van der Waals surface area contributed by atoms with Gasteiger partial charge in [-0.15, -0.1) is 0 Å². The van der Waals surface area contributed by atoms with Crippen molar-refractivity contribution in [3.05, 3.63) is 35.9 Å². The molecule has 138 valence electrons. The van der Waals surface area contributed by atoms with E-state index in [2.05, 4.69) is 5.32 Å². The number of carboxylic acids is 2. The van der Waals surface area contributed by atoms with Gasteiger partial charge < -0.3 is 20.3 Å². The number of carbonyl (C=O) groups is 3. The van der Waals surface area contributed by atoms with Crippen LogP contribution in [0, 0.1) is 5.92 Å². The molecule has 2 atom stereocenters. The average molecular weight is 351 g/mol. The van der Waals surface area contributed by atoms with Crippen LogP contribution in [0.15, 0.2) is 30.3 Å². The summed E-state index contributed by atoms with van der Waals surface area (Å²) in [5.74, 6) is -3.42. The lowest BCUT2D eigenvalue weighted by atomic mass is 9.85. The fraction of sp³-hybridized carbons (Fsp3) is 0.500. The van der Waals surface area contributed by atoms with Crippen molar-refractivity contribution in [2.45, 2.75) is 51.7 Å². The number of rotatable bonds is 7. The summed E-state index contributed by atoms with van der Waals surface area (Å²) < 4.78 is 5.08. The Morgan fingerprint density at radius 1 is 1.08 bits per heavy atom. The van der Waals surface area contributed by atoms with Gasteiger partial charge >= 0.3 is 18.0 Å². The highest BCUT2D eigenvalue weighted by Gasteiger charge is 2.40. The number of nitrogens with one attached hydrogen (secondary N) is 1. The molecule has 0 saturated heterocycles. The van der Waals surface area contributed by atoms with Crippen molar-refractivity contribution in [2.24, 2.45) is 5.92 Å². The van der Waals surface area contributed by atoms with Crippen molar-refractivity contribution in [1.29, 1.82) is 0 Å². The summed E-state index contributed by atoms with van der Waals surface area (Å²) in [5.41, 5.74) is -1.78. The second-order valence-electron chi connectivity index (χ2n) is 7.19. The zero-order valence-electron chi connectivity index (χ0n) is 14.9. The van der Waals surface area contributed by atoms with Crippen LogP contribution in [-0.4, -0.2) is 39.4 Å². The molecule has 1 amide bonds. The van der Waals surface area contributed by atoms with Gasteiger partial charge in [0, 0.05) is 0 Å². The Morgan fingerprint density at radius 3 is 2.08 bits per heavy atom. The van der Waals surface area contributed by atoms with Crippen LogP contribution < -0.4 is 5.32 Å². The van der Waals surface area contributed by atoms with Crippen LogP contribution in [0.5, 0.6) is 0 Å². The molecular formula is C18H25NO6. The SMILES string of the molecule is CC(C)(C)OC(=O)N[C@@](C)(CC(Cc1ccccc1)C(=O)O)C(=O)O. The monoisotopic (exact) mass is 351 g/mol. The highest BCUT2D eigenvalue weighted by Crippen LogP contribution is 2.22. The largest absolute Gasteiger partial charge is 0.481 e. The van der Waals surface area contributed by atoms with E-state index in [0.717, 1.165) is 5.56 Å². The maximum absolute atomic E-state index is 11.9. The van der Waals surface area contributed by atoms with Crippen molar-refractivity contribution in [3.63, 3.8) is 0 Å². The average Bonchev–Trinajstić information content (AvgIpc) is 2.45. The highest BCUT2D eigenvalue weighted by atomic mass is 16.6. The van der Waals surface area contributed by atoms with E-state index in [9.17, 15) is 24.6 Å². The number of hydrogen-bond acceptors (Lipinski definition) is 4. The van der Waals surface area contributed by atoms with E-state index in [4.69, 9.17) is 4.74 Å². The molecule has 0 aliphatic heterocycles. The molecule has 0 radical (unpaired) electrons. The molecule has 7 heteroatoms. The first kappa shape index (κ1) is 20.5. The topological polar surface area (TPSA) is 113 Å². The van der Waals surface area contributed by atoms with E-state index in [1.54, 1.807) is 45.0 Å². The molecule has 7 nitrogen and oxygen atoms in total. The first-order chi connectivity index (χ1) is 11.4. The Morgan fingerprint density at radius 2 is 1.64 bits per heavy atom. The second-order valence-corrected chi connectivity index (χ2v) is 7.19. The lowest BCUT2D eigenvalue weighted by Crippen LogP contribution is -2.55. The fourth-order valence-corrected chi connectivity index (χ4v) is 2.36. The van der Waals surface area contributed by atoms with Crippen LogP contribution in [0.1, 0.15) is 39.7 Å². The minimum atomic E-state index is -1.76. The molecule has 0 aliphatic carbocycles. The number of carbonyl (C=O) groups excluding carboxylic acids is 1. The normalized spacial score (nSPS) is 14.9. The zero-order valence-corrected chi connectivity index (χ0v) is 14.9. The minimum Gasteiger partial charge on any atom is -0.481 e. The third kappa shape index (κ3) is 6.82. The Balaban J connectivity index is 2.93. The highest BCUT2D eigenvalue weighted by molar-refractivity contribution is 5.85. The van der Waals surface area contributed by atoms with Crippen LogP contribution in [0.2, 0.25) is 0 Å². The van der Waals surface area contributed by atoms with Crippen LogP contribution in [0.4, 0.5) is 4.79 Å². The second kappa shape index (κ2) is 8.00. The quantitative estimate of drug-likeness (QED) is 0.696. The van der Waals surface area contributed by atoms with Gasteiger partial charge in [-0.25, -0.2) is 9.59 Å². The number of hydrogen-bond donors (Lipinski definition) is 3. The maximum atomic E-state index is 11.9. The Labute approximate surface area is 147 Å². The predicted octanol–water partition coefficient (Wildman–Crippen LogP) is 2.69. The molecule has 1 rings (SSSR count). The molecule has 3 N–H and O–H groups in total. The van der Waals surface area contributed by atoms with Gasteiger partial charge in [0.2, 0.25) is 0 Å². The zero-order chi connectivity index (χ0) is 19.3. The molecule has 0 fully saturated rings. The van der Waals surface area contributed by atoms with E-state index in [1.165, 1.54) is 6.92 Å². The van der Waals surface area contributed by atoms with Crippen LogP contribution in [-0.2, 0) is 20.7 Å².